The zero-order valence-corrected chi connectivity index (χ0v) is 18.0. The molecule has 34 heavy (non-hydrogen) atoms. The zero-order chi connectivity index (χ0) is 23.3. The molecule has 5 rings (SSSR count). The van der Waals surface area contributed by atoms with Gasteiger partial charge in [0.15, 0.2) is 6.10 Å². The molecule has 2 saturated heterocycles. The van der Waals surface area contributed by atoms with E-state index in [1.54, 1.807) is 24.3 Å². The normalized spacial score (nSPS) is 23.1. The summed E-state index contributed by atoms with van der Waals surface area (Å²) >= 11 is 0. The summed E-state index contributed by atoms with van der Waals surface area (Å²) in [6.07, 6.45) is 2.21. The third kappa shape index (κ3) is 4.98. The Bertz CT molecular complexity index is 1130. The molecule has 0 aliphatic carbocycles. The molecule has 2 amide bonds. The standard InChI is InChI=1S/C24H22N4O6/c29-23(18-12-25-10-11-26-18)28-19-13-31-22-20(14-32-21(19)22)34-24(30)27-15-6-8-17(9-7-15)33-16-4-2-1-3-5-16/h1-12,19-22H,13-14H2,(H,27,30)(H,28,29)/t19-,20+,21+,22+/m0/s1. The first-order valence-corrected chi connectivity index (χ1v) is 10.8. The van der Waals surface area contributed by atoms with Gasteiger partial charge in [-0.05, 0) is 36.4 Å². The number of para-hydroxylation sites is 1. The molecule has 2 aromatic carbocycles. The van der Waals surface area contributed by atoms with Gasteiger partial charge in [-0.2, -0.15) is 0 Å². The number of aromatic nitrogens is 2. The fraction of sp³-hybridized carbons (Fsp3) is 0.250. The molecule has 2 N–H and O–H groups in total. The number of carbonyl (C=O) groups is 2. The van der Waals surface area contributed by atoms with Crippen LogP contribution in [0.5, 0.6) is 11.5 Å². The Labute approximate surface area is 195 Å². The van der Waals surface area contributed by atoms with Crippen LogP contribution in [0.2, 0.25) is 0 Å². The number of benzene rings is 2. The van der Waals surface area contributed by atoms with Crippen LogP contribution in [0.1, 0.15) is 10.5 Å². The topological polar surface area (TPSA) is 121 Å². The highest BCUT2D eigenvalue weighted by Crippen LogP contribution is 2.29. The van der Waals surface area contributed by atoms with Crippen molar-refractivity contribution >= 4 is 17.7 Å². The predicted octanol–water partition coefficient (Wildman–Crippen LogP) is 2.78. The first-order chi connectivity index (χ1) is 16.7. The maximum atomic E-state index is 12.4. The van der Waals surface area contributed by atoms with E-state index in [1.807, 2.05) is 30.3 Å². The number of rotatable bonds is 6. The molecule has 2 fully saturated rings. The number of ether oxygens (including phenoxy) is 4. The molecule has 3 aromatic rings. The Morgan fingerprint density at radius 1 is 0.912 bits per heavy atom. The van der Waals surface area contributed by atoms with Crippen molar-refractivity contribution in [3.05, 3.63) is 78.9 Å². The van der Waals surface area contributed by atoms with Gasteiger partial charge in [0.1, 0.15) is 29.4 Å². The van der Waals surface area contributed by atoms with Gasteiger partial charge in [0.05, 0.1) is 25.5 Å². The third-order valence-electron chi connectivity index (χ3n) is 5.46. The number of nitrogens with one attached hydrogen (secondary N) is 2. The van der Waals surface area contributed by atoms with Crippen molar-refractivity contribution in [2.24, 2.45) is 0 Å². The van der Waals surface area contributed by atoms with E-state index in [9.17, 15) is 9.59 Å². The number of nitrogens with zero attached hydrogens (tertiary/aromatic N) is 2. The maximum Gasteiger partial charge on any atom is 0.412 e. The number of hydrogen-bond donors (Lipinski definition) is 2. The lowest BCUT2D eigenvalue weighted by molar-refractivity contribution is 0.00861. The van der Waals surface area contributed by atoms with Crippen LogP contribution in [-0.2, 0) is 14.2 Å². The van der Waals surface area contributed by atoms with Crippen LogP contribution < -0.4 is 15.4 Å². The molecule has 0 unspecified atom stereocenters. The number of hydrogen-bond acceptors (Lipinski definition) is 8. The van der Waals surface area contributed by atoms with Crippen LogP contribution in [-0.4, -0.2) is 59.5 Å². The smallest absolute Gasteiger partial charge is 0.412 e. The van der Waals surface area contributed by atoms with Crippen LogP contribution in [0.3, 0.4) is 0 Å². The summed E-state index contributed by atoms with van der Waals surface area (Å²) in [6, 6.07) is 16.0. The van der Waals surface area contributed by atoms with E-state index in [0.717, 1.165) is 5.75 Å². The minimum Gasteiger partial charge on any atom is -0.457 e. The SMILES string of the molecule is O=C(Nc1ccc(Oc2ccccc2)cc1)O[C@@H]1CO[C@H]2[C@@H]1OC[C@@H]2NC(=O)c1cnccn1. The molecule has 3 heterocycles. The molecule has 1 aromatic heterocycles. The van der Waals surface area contributed by atoms with Gasteiger partial charge in [-0.1, -0.05) is 18.2 Å². The van der Waals surface area contributed by atoms with Gasteiger partial charge in [-0.3, -0.25) is 15.1 Å². The van der Waals surface area contributed by atoms with Crippen LogP contribution in [0.25, 0.3) is 0 Å². The summed E-state index contributed by atoms with van der Waals surface area (Å²) in [7, 11) is 0. The monoisotopic (exact) mass is 462 g/mol. The highest BCUT2D eigenvalue weighted by molar-refractivity contribution is 5.92. The van der Waals surface area contributed by atoms with Crippen molar-refractivity contribution in [3.63, 3.8) is 0 Å². The molecule has 0 saturated carbocycles. The van der Waals surface area contributed by atoms with Crippen LogP contribution >= 0.6 is 0 Å². The fourth-order valence-electron chi connectivity index (χ4n) is 3.86. The molecule has 2 aliphatic heterocycles. The van der Waals surface area contributed by atoms with Gasteiger partial charge in [0.25, 0.3) is 5.91 Å². The molecule has 0 radical (unpaired) electrons. The summed E-state index contributed by atoms with van der Waals surface area (Å²) in [5.41, 5.74) is 0.763. The number of amides is 2. The van der Waals surface area contributed by atoms with Crippen LogP contribution in [0, 0.1) is 0 Å². The lowest BCUT2D eigenvalue weighted by atomic mass is 10.1. The summed E-state index contributed by atoms with van der Waals surface area (Å²) in [5, 5.41) is 5.54. The Balaban J connectivity index is 1.12. The van der Waals surface area contributed by atoms with Gasteiger partial charge in [0, 0.05) is 18.1 Å². The van der Waals surface area contributed by atoms with Gasteiger partial charge >= 0.3 is 6.09 Å². The number of anilines is 1. The largest absolute Gasteiger partial charge is 0.457 e. The summed E-state index contributed by atoms with van der Waals surface area (Å²) in [5.74, 6) is 1.000. The van der Waals surface area contributed by atoms with E-state index >= 15 is 0 Å². The molecule has 4 atom stereocenters. The number of carbonyl (C=O) groups excluding carboxylic acids is 2. The van der Waals surface area contributed by atoms with Crippen molar-refractivity contribution in [2.45, 2.75) is 24.4 Å². The van der Waals surface area contributed by atoms with E-state index < -0.39 is 24.4 Å². The van der Waals surface area contributed by atoms with Crippen molar-refractivity contribution in [1.29, 1.82) is 0 Å². The van der Waals surface area contributed by atoms with E-state index in [4.69, 9.17) is 18.9 Å². The zero-order valence-electron chi connectivity index (χ0n) is 18.0. The third-order valence-corrected chi connectivity index (χ3v) is 5.46. The first kappa shape index (κ1) is 21.8. The maximum absolute atomic E-state index is 12.4. The fourth-order valence-corrected chi connectivity index (χ4v) is 3.86. The second-order valence-corrected chi connectivity index (χ2v) is 7.77. The molecule has 10 nitrogen and oxygen atoms in total. The predicted molar refractivity (Wildman–Crippen MR) is 120 cm³/mol. The van der Waals surface area contributed by atoms with Crippen molar-refractivity contribution in [3.8, 4) is 11.5 Å². The molecular formula is C24H22N4O6. The molecule has 2 aliphatic rings. The Hall–Kier alpha value is -4.02. The van der Waals surface area contributed by atoms with Crippen molar-refractivity contribution in [2.75, 3.05) is 18.5 Å². The average molecular weight is 462 g/mol. The highest BCUT2D eigenvalue weighted by Gasteiger charge is 2.50. The van der Waals surface area contributed by atoms with E-state index in [-0.39, 0.29) is 30.9 Å². The van der Waals surface area contributed by atoms with Crippen molar-refractivity contribution in [1.82, 2.24) is 15.3 Å². The highest BCUT2D eigenvalue weighted by atomic mass is 16.6. The Morgan fingerprint density at radius 2 is 1.68 bits per heavy atom. The van der Waals surface area contributed by atoms with Crippen LogP contribution in [0.4, 0.5) is 10.5 Å². The molecule has 174 valence electrons. The second kappa shape index (κ2) is 9.86. The quantitative estimate of drug-likeness (QED) is 0.574. The lowest BCUT2D eigenvalue weighted by Gasteiger charge is -2.18. The van der Waals surface area contributed by atoms with Crippen molar-refractivity contribution < 1.29 is 28.5 Å². The second-order valence-electron chi connectivity index (χ2n) is 7.77. The van der Waals surface area contributed by atoms with Crippen LogP contribution in [0.15, 0.2) is 73.2 Å². The minimum absolute atomic E-state index is 0.171. The first-order valence-electron chi connectivity index (χ1n) is 10.8. The molecule has 0 bridgehead atoms. The Morgan fingerprint density at radius 3 is 2.44 bits per heavy atom. The van der Waals surface area contributed by atoms with Gasteiger partial charge in [-0.25, -0.2) is 9.78 Å². The van der Waals surface area contributed by atoms with Gasteiger partial charge < -0.3 is 24.3 Å². The Kier molecular flexibility index (Phi) is 6.32. The summed E-state index contributed by atoms with van der Waals surface area (Å²) in [6.45, 7) is 0.413. The summed E-state index contributed by atoms with van der Waals surface area (Å²) < 4.78 is 22.8. The average Bonchev–Trinajstić information content (AvgIpc) is 3.45. The number of fused-ring (bicyclic) bond motifs is 1. The lowest BCUT2D eigenvalue weighted by Crippen LogP contribution is -2.44. The van der Waals surface area contributed by atoms with E-state index in [0.29, 0.717) is 11.4 Å². The van der Waals surface area contributed by atoms with Gasteiger partial charge in [-0.15, -0.1) is 0 Å². The van der Waals surface area contributed by atoms with E-state index in [1.165, 1.54) is 18.6 Å². The molecular weight excluding hydrogens is 440 g/mol. The minimum atomic E-state index is -0.623. The summed E-state index contributed by atoms with van der Waals surface area (Å²) in [4.78, 5) is 32.6. The van der Waals surface area contributed by atoms with E-state index in [2.05, 4.69) is 20.6 Å². The molecule has 0 spiro atoms. The molecule has 10 heteroatoms. The van der Waals surface area contributed by atoms with Gasteiger partial charge in [0.2, 0.25) is 0 Å².